The summed E-state index contributed by atoms with van der Waals surface area (Å²) in [6, 6.07) is -0.899. The largest absolute Gasteiger partial charge is 0.480 e. The summed E-state index contributed by atoms with van der Waals surface area (Å²) >= 11 is 0. The van der Waals surface area contributed by atoms with Crippen LogP contribution < -0.4 is 5.32 Å². The maximum absolute atomic E-state index is 11.4. The van der Waals surface area contributed by atoms with E-state index in [0.29, 0.717) is 6.42 Å². The van der Waals surface area contributed by atoms with E-state index >= 15 is 0 Å². The summed E-state index contributed by atoms with van der Waals surface area (Å²) in [5, 5.41) is 11.8. The van der Waals surface area contributed by atoms with Crippen molar-refractivity contribution in [3.05, 3.63) is 0 Å². The van der Waals surface area contributed by atoms with E-state index in [-0.39, 0.29) is 24.0 Å². The molecule has 1 heterocycles. The summed E-state index contributed by atoms with van der Waals surface area (Å²) in [5.41, 5.74) is 0. The third-order valence-corrected chi connectivity index (χ3v) is 4.22. The van der Waals surface area contributed by atoms with Crippen LogP contribution in [0.25, 0.3) is 0 Å². The lowest BCUT2D eigenvalue weighted by molar-refractivity contribution is -0.146. The van der Waals surface area contributed by atoms with Gasteiger partial charge in [-0.25, -0.2) is 9.59 Å². The van der Waals surface area contributed by atoms with E-state index in [1.54, 1.807) is 0 Å². The predicted molar refractivity (Wildman–Crippen MR) is 66.7 cm³/mol. The summed E-state index contributed by atoms with van der Waals surface area (Å²) in [6.07, 6.45) is 3.14. The average Bonchev–Trinajstić information content (AvgIpc) is 2.82. The fourth-order valence-corrected chi connectivity index (χ4v) is 3.45. The van der Waals surface area contributed by atoms with Gasteiger partial charge in [0, 0.05) is 0 Å². The highest BCUT2D eigenvalue weighted by molar-refractivity contribution is 5.80. The van der Waals surface area contributed by atoms with Crippen molar-refractivity contribution in [3.8, 4) is 0 Å². The first-order valence-electron chi connectivity index (χ1n) is 6.75. The molecule has 6 nitrogen and oxygen atoms in total. The van der Waals surface area contributed by atoms with Gasteiger partial charge in [-0.15, -0.1) is 0 Å². The fourth-order valence-electron chi connectivity index (χ4n) is 3.45. The van der Waals surface area contributed by atoms with Crippen molar-refractivity contribution in [3.63, 3.8) is 0 Å². The topological polar surface area (TPSA) is 84.9 Å². The minimum atomic E-state index is -1.00. The van der Waals surface area contributed by atoms with Crippen LogP contribution in [0.15, 0.2) is 0 Å². The Bertz CT molecular complexity index is 359. The summed E-state index contributed by atoms with van der Waals surface area (Å²) in [5.74, 6) is -0.877. The van der Waals surface area contributed by atoms with Crippen molar-refractivity contribution >= 4 is 12.1 Å². The fraction of sp³-hybridized carbons (Fsp3) is 0.846. The molecule has 2 rings (SSSR count). The molecular formula is C13H21NO5. The smallest absolute Gasteiger partial charge is 0.407 e. The van der Waals surface area contributed by atoms with Crippen LogP contribution in [-0.2, 0) is 14.3 Å². The zero-order chi connectivity index (χ0) is 14.0. The Morgan fingerprint density at radius 1 is 1.42 bits per heavy atom. The Morgan fingerprint density at radius 2 is 2.16 bits per heavy atom. The molecule has 108 valence electrons. The minimum absolute atomic E-state index is 0.0330. The standard InChI is InChI=1S/C13H21NO5/c1-7-6-9(8-4-3-5-10(8)19-7)11(12(15)16)14-13(17)18-2/h7-11H,3-6H2,1-2H3,(H,14,17)(H,15,16)/t7-,8+,9?,10+,11+/m1/s1. The number of aliphatic carboxylic acids is 1. The Balaban J connectivity index is 2.14. The third-order valence-electron chi connectivity index (χ3n) is 4.22. The van der Waals surface area contributed by atoms with Gasteiger partial charge in [0.05, 0.1) is 19.3 Å². The Hall–Kier alpha value is -1.30. The van der Waals surface area contributed by atoms with Gasteiger partial charge in [-0.05, 0) is 38.0 Å². The van der Waals surface area contributed by atoms with Crippen LogP contribution in [0.5, 0.6) is 0 Å². The van der Waals surface area contributed by atoms with Crippen LogP contribution in [0.3, 0.4) is 0 Å². The molecule has 0 spiro atoms. The molecule has 1 aliphatic carbocycles. The van der Waals surface area contributed by atoms with Gasteiger partial charge in [-0.2, -0.15) is 0 Å². The number of carboxylic acids is 1. The van der Waals surface area contributed by atoms with E-state index in [1.807, 2.05) is 6.92 Å². The highest BCUT2D eigenvalue weighted by atomic mass is 16.5. The molecule has 2 aliphatic rings. The number of alkyl carbamates (subject to hydrolysis) is 1. The predicted octanol–water partition coefficient (Wildman–Crippen LogP) is 1.39. The van der Waals surface area contributed by atoms with Gasteiger partial charge < -0.3 is 19.9 Å². The van der Waals surface area contributed by atoms with Gasteiger partial charge in [0.25, 0.3) is 0 Å². The van der Waals surface area contributed by atoms with Crippen molar-refractivity contribution in [1.29, 1.82) is 0 Å². The molecule has 2 fully saturated rings. The van der Waals surface area contributed by atoms with Crippen LogP contribution in [0, 0.1) is 11.8 Å². The van der Waals surface area contributed by atoms with E-state index in [2.05, 4.69) is 10.1 Å². The van der Waals surface area contributed by atoms with Gasteiger partial charge in [0.15, 0.2) is 0 Å². The first-order chi connectivity index (χ1) is 9.02. The van der Waals surface area contributed by atoms with Crippen molar-refractivity contribution in [2.24, 2.45) is 11.8 Å². The second-order valence-electron chi connectivity index (χ2n) is 5.43. The molecule has 0 aromatic rings. The highest BCUT2D eigenvalue weighted by Gasteiger charge is 2.46. The number of ether oxygens (including phenoxy) is 2. The van der Waals surface area contributed by atoms with Crippen LogP contribution in [-0.4, -0.2) is 42.5 Å². The van der Waals surface area contributed by atoms with Crippen molar-refractivity contribution in [1.82, 2.24) is 5.32 Å². The number of rotatable bonds is 3. The Kier molecular flexibility index (Phi) is 4.29. The molecule has 5 atom stereocenters. The van der Waals surface area contributed by atoms with Crippen LogP contribution in [0.4, 0.5) is 4.79 Å². The number of amides is 1. The number of hydrogen-bond donors (Lipinski definition) is 2. The van der Waals surface area contributed by atoms with E-state index in [9.17, 15) is 14.7 Å². The monoisotopic (exact) mass is 271 g/mol. The summed E-state index contributed by atoms with van der Waals surface area (Å²) < 4.78 is 10.4. The maximum Gasteiger partial charge on any atom is 0.407 e. The van der Waals surface area contributed by atoms with E-state index in [1.165, 1.54) is 7.11 Å². The molecule has 0 aromatic heterocycles. The van der Waals surface area contributed by atoms with E-state index < -0.39 is 18.1 Å². The molecule has 0 aromatic carbocycles. The van der Waals surface area contributed by atoms with Gasteiger partial charge >= 0.3 is 12.1 Å². The van der Waals surface area contributed by atoms with E-state index in [4.69, 9.17) is 4.74 Å². The highest BCUT2D eigenvalue weighted by Crippen LogP contribution is 2.42. The normalized spacial score (nSPS) is 35.3. The number of carboxylic acid groups (broad SMARTS) is 1. The van der Waals surface area contributed by atoms with E-state index in [0.717, 1.165) is 19.3 Å². The molecule has 1 saturated carbocycles. The lowest BCUT2D eigenvalue weighted by atomic mass is 9.78. The van der Waals surface area contributed by atoms with Crippen LogP contribution in [0.1, 0.15) is 32.6 Å². The number of methoxy groups -OCH3 is 1. The average molecular weight is 271 g/mol. The molecule has 1 amide bonds. The maximum atomic E-state index is 11.4. The Morgan fingerprint density at radius 3 is 2.79 bits per heavy atom. The molecule has 19 heavy (non-hydrogen) atoms. The van der Waals surface area contributed by atoms with Crippen molar-refractivity contribution < 1.29 is 24.2 Å². The minimum Gasteiger partial charge on any atom is -0.480 e. The molecule has 2 N–H and O–H groups in total. The number of hydrogen-bond acceptors (Lipinski definition) is 4. The zero-order valence-corrected chi connectivity index (χ0v) is 11.3. The van der Waals surface area contributed by atoms with Gasteiger partial charge in [0.1, 0.15) is 6.04 Å². The lowest BCUT2D eigenvalue weighted by Crippen LogP contribution is -2.52. The molecule has 0 bridgehead atoms. The zero-order valence-electron chi connectivity index (χ0n) is 11.3. The molecule has 6 heteroatoms. The second kappa shape index (κ2) is 5.77. The number of carbonyl (C=O) groups is 2. The van der Waals surface area contributed by atoms with Crippen molar-refractivity contribution in [2.45, 2.75) is 50.9 Å². The number of fused-ring (bicyclic) bond motifs is 1. The van der Waals surface area contributed by atoms with Crippen molar-refractivity contribution in [2.75, 3.05) is 7.11 Å². The van der Waals surface area contributed by atoms with Gasteiger partial charge in [-0.3, -0.25) is 0 Å². The SMILES string of the molecule is COC(=O)N[C@H](C(=O)O)C1C[C@@H](C)O[C@H]2CCC[C@@H]12. The quantitative estimate of drug-likeness (QED) is 0.810. The Labute approximate surface area is 112 Å². The molecule has 1 unspecified atom stereocenters. The summed E-state index contributed by atoms with van der Waals surface area (Å²) in [7, 11) is 1.24. The molecule has 0 radical (unpaired) electrons. The summed E-state index contributed by atoms with van der Waals surface area (Å²) in [6.45, 7) is 1.96. The summed E-state index contributed by atoms with van der Waals surface area (Å²) in [4.78, 5) is 22.7. The molecular weight excluding hydrogens is 250 g/mol. The first-order valence-corrected chi connectivity index (χ1v) is 6.75. The first kappa shape index (κ1) is 14.1. The molecule has 1 saturated heterocycles. The third kappa shape index (κ3) is 3.00. The van der Waals surface area contributed by atoms with Gasteiger partial charge in [-0.1, -0.05) is 6.42 Å². The van der Waals surface area contributed by atoms with Crippen LogP contribution in [0.2, 0.25) is 0 Å². The lowest BCUT2D eigenvalue weighted by Gasteiger charge is -2.40. The number of carbonyl (C=O) groups excluding carboxylic acids is 1. The molecule has 1 aliphatic heterocycles. The van der Waals surface area contributed by atoms with Gasteiger partial charge in [0.2, 0.25) is 0 Å². The van der Waals surface area contributed by atoms with Crippen LogP contribution >= 0.6 is 0 Å². The number of nitrogens with one attached hydrogen (secondary N) is 1. The second-order valence-corrected chi connectivity index (χ2v) is 5.43.